The highest BCUT2D eigenvalue weighted by atomic mass is 16.5. The van der Waals surface area contributed by atoms with Gasteiger partial charge in [0.05, 0.1) is 13.2 Å². The van der Waals surface area contributed by atoms with Gasteiger partial charge in [0.2, 0.25) is 5.91 Å². The summed E-state index contributed by atoms with van der Waals surface area (Å²) >= 11 is 0. The quantitative estimate of drug-likeness (QED) is 0.838. The minimum absolute atomic E-state index is 0.130. The molecule has 3 rings (SSSR count). The van der Waals surface area contributed by atoms with Crippen LogP contribution in [0.5, 0.6) is 0 Å². The highest BCUT2D eigenvalue weighted by Crippen LogP contribution is 2.29. The summed E-state index contributed by atoms with van der Waals surface area (Å²) in [4.78, 5) is 26.0. The van der Waals surface area contributed by atoms with Crippen molar-refractivity contribution in [1.82, 2.24) is 14.9 Å². The molecular weight excluding hydrogens is 316 g/mol. The summed E-state index contributed by atoms with van der Waals surface area (Å²) < 4.78 is 5.44. The van der Waals surface area contributed by atoms with Crippen LogP contribution in [0.15, 0.2) is 6.07 Å². The minimum atomic E-state index is 0.130. The summed E-state index contributed by atoms with van der Waals surface area (Å²) in [6, 6.07) is 2.15. The molecule has 0 aromatic carbocycles. The van der Waals surface area contributed by atoms with Crippen LogP contribution in [-0.2, 0) is 9.53 Å². The maximum absolute atomic E-state index is 12.4. The van der Waals surface area contributed by atoms with Crippen LogP contribution in [0.2, 0.25) is 0 Å². The van der Waals surface area contributed by atoms with Crippen molar-refractivity contribution in [2.75, 3.05) is 44.3 Å². The average molecular weight is 346 g/mol. The van der Waals surface area contributed by atoms with Gasteiger partial charge in [0.15, 0.2) is 0 Å². The molecule has 2 fully saturated rings. The Hall–Kier alpha value is -1.69. The molecule has 25 heavy (non-hydrogen) atoms. The Morgan fingerprint density at radius 2 is 1.92 bits per heavy atom. The fourth-order valence-corrected chi connectivity index (χ4v) is 3.62. The number of carbonyl (C=O) groups excluding carboxylic acids is 1. The van der Waals surface area contributed by atoms with E-state index in [4.69, 9.17) is 9.72 Å². The molecule has 0 radical (unpaired) electrons. The molecule has 0 spiro atoms. The third-order valence-electron chi connectivity index (χ3n) is 5.44. The fraction of sp³-hybridized carbons (Fsp3) is 0.737. The van der Waals surface area contributed by atoms with Gasteiger partial charge in [-0.05, 0) is 26.2 Å². The van der Waals surface area contributed by atoms with E-state index in [0.29, 0.717) is 11.8 Å². The highest BCUT2D eigenvalue weighted by Gasteiger charge is 2.27. The first kappa shape index (κ1) is 18.1. The number of aromatic nitrogens is 2. The second-order valence-electron chi connectivity index (χ2n) is 7.21. The van der Waals surface area contributed by atoms with E-state index in [2.05, 4.69) is 22.9 Å². The zero-order valence-electron chi connectivity index (χ0n) is 15.7. The van der Waals surface area contributed by atoms with Crippen LogP contribution >= 0.6 is 0 Å². The third-order valence-corrected chi connectivity index (χ3v) is 5.44. The van der Waals surface area contributed by atoms with Gasteiger partial charge in [-0.25, -0.2) is 9.97 Å². The molecule has 1 unspecified atom stereocenters. The zero-order chi connectivity index (χ0) is 17.8. The Bertz CT molecular complexity index is 593. The number of morpholine rings is 1. The number of amides is 1. The molecule has 0 aliphatic carbocycles. The molecule has 2 aliphatic heterocycles. The Morgan fingerprint density at radius 3 is 2.56 bits per heavy atom. The third kappa shape index (κ3) is 4.29. The lowest BCUT2D eigenvalue weighted by Crippen LogP contribution is -2.41. The van der Waals surface area contributed by atoms with Crippen molar-refractivity contribution >= 4 is 11.7 Å². The number of anilines is 1. The molecule has 2 saturated heterocycles. The SMILES string of the molecule is CCC(C)C(=O)N1CCC(c2cc(N3CCOCC3)nc(C)n2)CC1. The second kappa shape index (κ2) is 8.13. The van der Waals surface area contributed by atoms with Crippen molar-refractivity contribution in [2.45, 2.75) is 46.0 Å². The van der Waals surface area contributed by atoms with Crippen LogP contribution in [0.4, 0.5) is 5.82 Å². The highest BCUT2D eigenvalue weighted by molar-refractivity contribution is 5.78. The molecule has 0 bridgehead atoms. The van der Waals surface area contributed by atoms with Gasteiger partial charge in [0.25, 0.3) is 0 Å². The van der Waals surface area contributed by atoms with Crippen LogP contribution < -0.4 is 4.90 Å². The van der Waals surface area contributed by atoms with E-state index >= 15 is 0 Å². The molecular formula is C19H30N4O2. The first-order chi connectivity index (χ1) is 12.1. The summed E-state index contributed by atoms with van der Waals surface area (Å²) in [6.07, 6.45) is 2.88. The van der Waals surface area contributed by atoms with Gasteiger partial charge >= 0.3 is 0 Å². The van der Waals surface area contributed by atoms with Crippen molar-refractivity contribution in [3.8, 4) is 0 Å². The molecule has 0 saturated carbocycles. The lowest BCUT2D eigenvalue weighted by atomic mass is 9.92. The van der Waals surface area contributed by atoms with E-state index in [0.717, 1.165) is 76.0 Å². The van der Waals surface area contributed by atoms with Crippen molar-refractivity contribution in [3.63, 3.8) is 0 Å². The topological polar surface area (TPSA) is 58.6 Å². The van der Waals surface area contributed by atoms with Crippen molar-refractivity contribution in [1.29, 1.82) is 0 Å². The maximum atomic E-state index is 12.4. The zero-order valence-corrected chi connectivity index (χ0v) is 15.7. The molecule has 6 nitrogen and oxygen atoms in total. The molecule has 6 heteroatoms. The van der Waals surface area contributed by atoms with E-state index in [1.807, 2.05) is 18.7 Å². The normalized spacial score (nSPS) is 20.6. The number of rotatable bonds is 4. The summed E-state index contributed by atoms with van der Waals surface area (Å²) in [5.41, 5.74) is 1.13. The van der Waals surface area contributed by atoms with E-state index < -0.39 is 0 Å². The minimum Gasteiger partial charge on any atom is -0.378 e. The second-order valence-corrected chi connectivity index (χ2v) is 7.21. The number of ether oxygens (including phenoxy) is 1. The average Bonchev–Trinajstić information content (AvgIpc) is 2.67. The van der Waals surface area contributed by atoms with Gasteiger partial charge in [-0.3, -0.25) is 4.79 Å². The number of hydrogen-bond donors (Lipinski definition) is 0. The van der Waals surface area contributed by atoms with E-state index in [-0.39, 0.29) is 5.92 Å². The summed E-state index contributed by atoms with van der Waals surface area (Å²) in [6.45, 7) is 11.0. The van der Waals surface area contributed by atoms with Gasteiger partial charge in [0, 0.05) is 49.8 Å². The number of hydrogen-bond acceptors (Lipinski definition) is 5. The molecule has 1 atom stereocenters. The van der Waals surface area contributed by atoms with Gasteiger partial charge in [-0.2, -0.15) is 0 Å². The Labute approximate surface area is 150 Å². The van der Waals surface area contributed by atoms with Crippen molar-refractivity contribution < 1.29 is 9.53 Å². The van der Waals surface area contributed by atoms with Crippen molar-refractivity contribution in [3.05, 3.63) is 17.6 Å². The number of aryl methyl sites for hydroxylation is 1. The molecule has 1 aromatic rings. The Kier molecular flexibility index (Phi) is 5.89. The largest absolute Gasteiger partial charge is 0.378 e. The molecule has 138 valence electrons. The van der Waals surface area contributed by atoms with E-state index in [1.165, 1.54) is 0 Å². The Balaban J connectivity index is 1.66. The van der Waals surface area contributed by atoms with Gasteiger partial charge in [-0.15, -0.1) is 0 Å². The number of carbonyl (C=O) groups is 1. The smallest absolute Gasteiger partial charge is 0.225 e. The van der Waals surface area contributed by atoms with E-state index in [9.17, 15) is 4.79 Å². The molecule has 1 aromatic heterocycles. The van der Waals surface area contributed by atoms with Crippen LogP contribution in [0.3, 0.4) is 0 Å². The van der Waals surface area contributed by atoms with Gasteiger partial charge in [-0.1, -0.05) is 13.8 Å². The molecule has 3 heterocycles. The summed E-state index contributed by atoms with van der Waals surface area (Å²) in [5, 5.41) is 0. The number of nitrogens with zero attached hydrogens (tertiary/aromatic N) is 4. The van der Waals surface area contributed by atoms with Gasteiger partial charge in [0.1, 0.15) is 11.6 Å². The van der Waals surface area contributed by atoms with Gasteiger partial charge < -0.3 is 14.5 Å². The summed E-state index contributed by atoms with van der Waals surface area (Å²) in [7, 11) is 0. The lowest BCUT2D eigenvalue weighted by molar-refractivity contribution is -0.136. The monoisotopic (exact) mass is 346 g/mol. The lowest BCUT2D eigenvalue weighted by Gasteiger charge is -2.34. The van der Waals surface area contributed by atoms with E-state index in [1.54, 1.807) is 0 Å². The maximum Gasteiger partial charge on any atom is 0.225 e. The molecule has 1 amide bonds. The first-order valence-electron chi connectivity index (χ1n) is 9.55. The fourth-order valence-electron chi connectivity index (χ4n) is 3.62. The van der Waals surface area contributed by atoms with Crippen LogP contribution in [-0.4, -0.2) is 60.2 Å². The van der Waals surface area contributed by atoms with Crippen molar-refractivity contribution in [2.24, 2.45) is 5.92 Å². The predicted octanol–water partition coefficient (Wildman–Crippen LogP) is 2.37. The number of likely N-dealkylation sites (tertiary alicyclic amines) is 1. The standard InChI is InChI=1S/C19H30N4O2/c1-4-14(2)19(24)23-7-5-16(6-8-23)17-13-18(21-15(3)20-17)22-9-11-25-12-10-22/h13-14,16H,4-12H2,1-3H3. The first-order valence-corrected chi connectivity index (χ1v) is 9.55. The number of piperidine rings is 1. The van der Waals surface area contributed by atoms with Crippen LogP contribution in [0.25, 0.3) is 0 Å². The Morgan fingerprint density at radius 1 is 1.24 bits per heavy atom. The van der Waals surface area contributed by atoms with Crippen LogP contribution in [0.1, 0.15) is 50.5 Å². The predicted molar refractivity (Wildman–Crippen MR) is 97.8 cm³/mol. The molecule has 2 aliphatic rings. The summed E-state index contributed by atoms with van der Waals surface area (Å²) in [5.74, 6) is 2.70. The van der Waals surface area contributed by atoms with Crippen LogP contribution in [0, 0.1) is 12.8 Å². The molecule has 0 N–H and O–H groups in total.